The van der Waals surface area contributed by atoms with Crippen LogP contribution in [0.25, 0.3) is 0 Å². The molecule has 0 unspecified atom stereocenters. The van der Waals surface area contributed by atoms with Crippen molar-refractivity contribution in [1.82, 2.24) is 9.62 Å². The van der Waals surface area contributed by atoms with E-state index in [4.69, 9.17) is 0 Å². The molecule has 0 atom stereocenters. The maximum atomic E-state index is 2.42. The number of hydrogen-bond donors (Lipinski definition) is 0. The Morgan fingerprint density at radius 1 is 0.591 bits per heavy atom. The monoisotopic (exact) mass is 288 g/mol. The van der Waals surface area contributed by atoms with Crippen LogP contribution in [0.4, 0.5) is 0 Å². The molecule has 0 aromatic heterocycles. The average molecular weight is 288 g/mol. The van der Waals surface area contributed by atoms with Gasteiger partial charge < -0.3 is 9.62 Å². The van der Waals surface area contributed by atoms with E-state index in [2.05, 4.69) is 86.3 Å². The van der Waals surface area contributed by atoms with Crippen molar-refractivity contribution in [3.8, 4) is 0 Å². The standard InChI is InChI=1S/C18H22B2N2/c1-21(2)19-17-13-9-5-7-11-15(13)18(20(19)22(3)4)16-12-8-6-10-14(16)17/h5-12,17-18H,1-4H3. The van der Waals surface area contributed by atoms with Crippen LogP contribution in [-0.4, -0.2) is 51.3 Å². The normalized spacial score (nSPS) is 22.3. The van der Waals surface area contributed by atoms with Crippen molar-refractivity contribution in [3.05, 3.63) is 70.8 Å². The lowest BCUT2D eigenvalue weighted by atomic mass is 9.05. The first-order chi connectivity index (χ1) is 10.6. The molecule has 4 heteroatoms. The molecule has 0 spiro atoms. The van der Waals surface area contributed by atoms with E-state index in [1.165, 1.54) is 22.3 Å². The van der Waals surface area contributed by atoms with Crippen molar-refractivity contribution in [1.29, 1.82) is 0 Å². The lowest BCUT2D eigenvalue weighted by Crippen LogP contribution is -2.66. The Hall–Kier alpha value is -1.51. The number of benzene rings is 2. The number of rotatable bonds is 2. The van der Waals surface area contributed by atoms with E-state index in [1.807, 2.05) is 0 Å². The van der Waals surface area contributed by atoms with E-state index in [-0.39, 0.29) is 0 Å². The molecule has 1 aliphatic carbocycles. The van der Waals surface area contributed by atoms with Crippen molar-refractivity contribution < 1.29 is 0 Å². The quantitative estimate of drug-likeness (QED) is 0.784. The summed E-state index contributed by atoms with van der Waals surface area (Å²) < 4.78 is 0. The number of fused-ring (bicyclic) bond motifs is 1. The Morgan fingerprint density at radius 3 is 1.09 bits per heavy atom. The zero-order chi connectivity index (χ0) is 15.4. The summed E-state index contributed by atoms with van der Waals surface area (Å²) in [5.41, 5.74) is 6.12. The second kappa shape index (κ2) is 5.00. The minimum Gasteiger partial charge on any atom is -0.351 e. The van der Waals surface area contributed by atoms with Crippen molar-refractivity contribution in [2.75, 3.05) is 28.2 Å². The fourth-order valence-corrected chi connectivity index (χ4v) is 4.83. The number of hydrogen-bond acceptors (Lipinski definition) is 2. The van der Waals surface area contributed by atoms with E-state index in [0.29, 0.717) is 25.1 Å². The fraction of sp³-hybridized carbons (Fsp3) is 0.333. The van der Waals surface area contributed by atoms with Crippen LogP contribution in [-0.2, 0) is 0 Å². The lowest BCUT2D eigenvalue weighted by molar-refractivity contribution is 0.589. The summed E-state index contributed by atoms with van der Waals surface area (Å²) in [5.74, 6) is 0.944. The van der Waals surface area contributed by atoms with E-state index in [9.17, 15) is 0 Å². The van der Waals surface area contributed by atoms with Gasteiger partial charge >= 0.3 is 0 Å². The van der Waals surface area contributed by atoms with Gasteiger partial charge in [-0.3, -0.25) is 0 Å². The van der Waals surface area contributed by atoms with Gasteiger partial charge in [0.2, 0.25) is 13.5 Å². The summed E-state index contributed by atoms with van der Waals surface area (Å²) in [6, 6.07) is 18.1. The first-order valence-electron chi connectivity index (χ1n) is 8.11. The highest BCUT2D eigenvalue weighted by Crippen LogP contribution is 2.51. The van der Waals surface area contributed by atoms with Crippen molar-refractivity contribution in [2.24, 2.45) is 0 Å². The number of nitrogens with zero attached hydrogens (tertiary/aromatic N) is 2. The zero-order valence-corrected chi connectivity index (χ0v) is 13.8. The highest BCUT2D eigenvalue weighted by Gasteiger charge is 2.55. The summed E-state index contributed by atoms with van der Waals surface area (Å²) in [7, 11) is 8.92. The van der Waals surface area contributed by atoms with Crippen LogP contribution in [0.5, 0.6) is 0 Å². The summed E-state index contributed by atoms with van der Waals surface area (Å²) >= 11 is 0. The second-order valence-electron chi connectivity index (χ2n) is 7.12. The smallest absolute Gasteiger partial charge is 0.221 e. The predicted molar refractivity (Wildman–Crippen MR) is 95.5 cm³/mol. The fourth-order valence-electron chi connectivity index (χ4n) is 4.83. The third-order valence-corrected chi connectivity index (χ3v) is 5.56. The highest BCUT2D eigenvalue weighted by molar-refractivity contribution is 7.22. The van der Waals surface area contributed by atoms with Crippen LogP contribution >= 0.6 is 0 Å². The van der Waals surface area contributed by atoms with Gasteiger partial charge in [-0.1, -0.05) is 48.5 Å². The van der Waals surface area contributed by atoms with Gasteiger partial charge in [-0.25, -0.2) is 0 Å². The van der Waals surface area contributed by atoms with Crippen LogP contribution < -0.4 is 0 Å². The summed E-state index contributed by atoms with van der Waals surface area (Å²) in [4.78, 5) is 4.85. The molecular weight excluding hydrogens is 266 g/mol. The molecule has 5 rings (SSSR count). The van der Waals surface area contributed by atoms with Crippen LogP contribution in [0, 0.1) is 0 Å². The molecule has 2 heterocycles. The molecular formula is C18H22B2N2. The Balaban J connectivity index is 2.02. The van der Waals surface area contributed by atoms with Gasteiger partial charge in [0.1, 0.15) is 0 Å². The Labute approximate surface area is 134 Å². The molecule has 3 aliphatic rings. The molecule has 0 saturated carbocycles. The van der Waals surface area contributed by atoms with Crippen molar-refractivity contribution in [2.45, 2.75) is 11.6 Å². The minimum absolute atomic E-state index is 0.472. The van der Waals surface area contributed by atoms with E-state index in [1.54, 1.807) is 0 Å². The SMILES string of the molecule is CN(C)B1B(N(C)C)C2c3ccccc3C1c1ccccc12. The first-order valence-corrected chi connectivity index (χ1v) is 8.11. The maximum absolute atomic E-state index is 2.42. The molecule has 2 nitrogen and oxygen atoms in total. The topological polar surface area (TPSA) is 6.48 Å². The third-order valence-electron chi connectivity index (χ3n) is 5.56. The lowest BCUT2D eigenvalue weighted by Gasteiger charge is -2.51. The van der Waals surface area contributed by atoms with Gasteiger partial charge in [-0.2, -0.15) is 0 Å². The summed E-state index contributed by atoms with van der Waals surface area (Å²) in [6.07, 6.45) is 0. The van der Waals surface area contributed by atoms with Crippen molar-refractivity contribution in [3.63, 3.8) is 0 Å². The summed E-state index contributed by atoms with van der Waals surface area (Å²) in [6.45, 7) is 1.04. The van der Waals surface area contributed by atoms with Crippen molar-refractivity contribution >= 4 is 13.5 Å². The molecule has 22 heavy (non-hydrogen) atoms. The molecule has 2 aromatic rings. The largest absolute Gasteiger partial charge is 0.351 e. The maximum Gasteiger partial charge on any atom is 0.221 e. The van der Waals surface area contributed by atoms with Gasteiger partial charge in [0, 0.05) is 0 Å². The van der Waals surface area contributed by atoms with Gasteiger partial charge in [0.05, 0.1) is 0 Å². The van der Waals surface area contributed by atoms with Crippen LogP contribution in [0.1, 0.15) is 33.9 Å². The molecule has 0 fully saturated rings. The van der Waals surface area contributed by atoms with Gasteiger partial charge in [0.25, 0.3) is 0 Å². The Bertz CT molecular complexity index is 606. The molecule has 0 N–H and O–H groups in total. The molecule has 2 aliphatic heterocycles. The van der Waals surface area contributed by atoms with Crippen LogP contribution in [0.3, 0.4) is 0 Å². The zero-order valence-electron chi connectivity index (χ0n) is 13.8. The third kappa shape index (κ3) is 1.77. The van der Waals surface area contributed by atoms with E-state index < -0.39 is 0 Å². The molecule has 0 saturated heterocycles. The summed E-state index contributed by atoms with van der Waals surface area (Å²) in [5, 5.41) is 0. The minimum atomic E-state index is 0.472. The van der Waals surface area contributed by atoms with E-state index >= 15 is 0 Å². The Morgan fingerprint density at radius 2 is 0.864 bits per heavy atom. The van der Waals surface area contributed by atoms with Gasteiger partial charge in [-0.05, 0) is 62.1 Å². The molecule has 2 aromatic carbocycles. The molecule has 110 valence electrons. The molecule has 0 radical (unpaired) electrons. The van der Waals surface area contributed by atoms with Crippen LogP contribution in [0.2, 0.25) is 0 Å². The van der Waals surface area contributed by atoms with Gasteiger partial charge in [-0.15, -0.1) is 0 Å². The predicted octanol–water partition coefficient (Wildman–Crippen LogP) is 2.54. The average Bonchev–Trinajstić information content (AvgIpc) is 2.53. The Kier molecular flexibility index (Phi) is 3.21. The molecule has 2 bridgehead atoms. The second-order valence-corrected chi connectivity index (χ2v) is 7.12. The van der Waals surface area contributed by atoms with E-state index in [0.717, 1.165) is 0 Å². The molecule has 0 amide bonds. The highest BCUT2D eigenvalue weighted by atomic mass is 15.0. The first kappa shape index (κ1) is 14.1. The van der Waals surface area contributed by atoms with Crippen LogP contribution in [0.15, 0.2) is 48.5 Å². The van der Waals surface area contributed by atoms with Gasteiger partial charge in [0.15, 0.2) is 0 Å².